The first-order chi connectivity index (χ1) is 7.89. The molecule has 0 aliphatic carbocycles. The van der Waals surface area contributed by atoms with Crippen LogP contribution in [0, 0.1) is 0 Å². The Balaban J connectivity index is 3.00. The highest BCUT2D eigenvalue weighted by Gasteiger charge is 2.42. The van der Waals surface area contributed by atoms with Crippen molar-refractivity contribution in [3.05, 3.63) is 34.3 Å². The van der Waals surface area contributed by atoms with Gasteiger partial charge in [0.15, 0.2) is 0 Å². The molecule has 0 spiro atoms. The Labute approximate surface area is 124 Å². The zero-order chi connectivity index (χ0) is 13.1. The van der Waals surface area contributed by atoms with E-state index in [2.05, 4.69) is 47.8 Å². The van der Waals surface area contributed by atoms with E-state index in [1.54, 1.807) is 31.2 Å². The lowest BCUT2D eigenvalue weighted by Gasteiger charge is -2.17. The molecule has 0 fully saturated rings. The number of ketones is 1. The summed E-state index contributed by atoms with van der Waals surface area (Å²) in [4.78, 5) is 23.7. The second-order valence-electron chi connectivity index (χ2n) is 3.13. The molecule has 0 aliphatic heterocycles. The summed E-state index contributed by atoms with van der Waals surface area (Å²) in [5.41, 5.74) is 0.404. The minimum absolute atomic E-state index is 0.212. The summed E-state index contributed by atoms with van der Waals surface area (Å²) in [6.45, 7) is 1.89. The molecule has 0 amide bonds. The molecular weight excluding hydrogens is 420 g/mol. The van der Waals surface area contributed by atoms with Gasteiger partial charge in [0.05, 0.1) is 6.61 Å². The fourth-order valence-electron chi connectivity index (χ4n) is 1.13. The number of rotatable bonds is 4. The zero-order valence-corrected chi connectivity index (χ0v) is 13.6. The van der Waals surface area contributed by atoms with Gasteiger partial charge in [-0.15, -0.1) is 0 Å². The van der Waals surface area contributed by atoms with Crippen molar-refractivity contribution in [3.63, 3.8) is 0 Å². The average Bonchev–Trinajstić information content (AvgIpc) is 2.28. The number of halogens is 3. The van der Waals surface area contributed by atoms with Crippen LogP contribution in [0.5, 0.6) is 0 Å². The van der Waals surface area contributed by atoms with Crippen LogP contribution in [0.3, 0.4) is 0 Å². The second kappa shape index (κ2) is 6.11. The minimum atomic E-state index is -1.53. The smallest absolute Gasteiger partial charge is 0.342 e. The summed E-state index contributed by atoms with van der Waals surface area (Å²) in [5.74, 6) is -1.07. The van der Waals surface area contributed by atoms with E-state index in [1.807, 2.05) is 0 Å². The molecule has 1 aromatic carbocycles. The van der Waals surface area contributed by atoms with E-state index >= 15 is 0 Å². The predicted octanol–water partition coefficient (Wildman–Crippen LogP) is 3.68. The molecule has 0 radical (unpaired) electrons. The van der Waals surface area contributed by atoms with Gasteiger partial charge in [-0.3, -0.25) is 4.79 Å². The molecule has 0 heterocycles. The molecule has 0 unspecified atom stereocenters. The standard InChI is InChI=1S/C11H9Br3O3/c1-2-17-10(16)11(13,14)9(15)7-4-3-5-8(12)6-7/h3-6H,2H2,1H3. The van der Waals surface area contributed by atoms with Crippen LogP contribution in [-0.4, -0.2) is 21.6 Å². The molecule has 0 aliphatic rings. The van der Waals surface area contributed by atoms with Gasteiger partial charge in [0, 0.05) is 10.0 Å². The third-order valence-electron chi connectivity index (χ3n) is 1.90. The molecule has 0 N–H and O–H groups in total. The molecule has 0 bridgehead atoms. The Bertz CT molecular complexity index is 443. The fourth-order valence-corrected chi connectivity index (χ4v) is 2.21. The highest BCUT2D eigenvalue weighted by Crippen LogP contribution is 2.32. The number of hydrogen-bond acceptors (Lipinski definition) is 3. The maximum Gasteiger partial charge on any atom is 0.342 e. The number of benzene rings is 1. The Morgan fingerprint density at radius 1 is 1.35 bits per heavy atom. The topological polar surface area (TPSA) is 43.4 Å². The number of carbonyl (C=O) groups excluding carboxylic acids is 2. The lowest BCUT2D eigenvalue weighted by molar-refractivity contribution is -0.141. The van der Waals surface area contributed by atoms with E-state index in [-0.39, 0.29) is 6.61 Å². The number of hydrogen-bond donors (Lipinski definition) is 0. The number of carbonyl (C=O) groups is 2. The zero-order valence-electron chi connectivity index (χ0n) is 8.88. The van der Waals surface area contributed by atoms with Crippen molar-refractivity contribution in [1.82, 2.24) is 0 Å². The normalized spacial score (nSPS) is 11.1. The molecule has 6 heteroatoms. The van der Waals surface area contributed by atoms with Gasteiger partial charge >= 0.3 is 5.97 Å². The first-order valence-corrected chi connectivity index (χ1v) is 7.13. The molecule has 1 rings (SSSR count). The van der Waals surface area contributed by atoms with Crippen LogP contribution in [0.25, 0.3) is 0 Å². The van der Waals surface area contributed by atoms with Crippen LogP contribution in [0.1, 0.15) is 17.3 Å². The van der Waals surface area contributed by atoms with Gasteiger partial charge in [-0.2, -0.15) is 0 Å². The van der Waals surface area contributed by atoms with Crippen molar-refractivity contribution in [2.24, 2.45) is 0 Å². The number of Topliss-reactive ketones (excluding diaryl/α,β-unsaturated/α-hetero) is 1. The van der Waals surface area contributed by atoms with E-state index in [0.29, 0.717) is 5.56 Å². The van der Waals surface area contributed by atoms with Crippen LogP contribution in [-0.2, 0) is 9.53 Å². The van der Waals surface area contributed by atoms with Crippen molar-refractivity contribution < 1.29 is 14.3 Å². The van der Waals surface area contributed by atoms with Crippen molar-refractivity contribution in [3.8, 4) is 0 Å². The summed E-state index contributed by atoms with van der Waals surface area (Å²) in [5, 5.41) is 0. The minimum Gasteiger partial charge on any atom is -0.464 e. The van der Waals surface area contributed by atoms with Gasteiger partial charge in [0.1, 0.15) is 0 Å². The molecule has 0 atom stereocenters. The lowest BCUT2D eigenvalue weighted by Crippen LogP contribution is -2.36. The van der Waals surface area contributed by atoms with Gasteiger partial charge < -0.3 is 4.74 Å². The quantitative estimate of drug-likeness (QED) is 0.318. The Hall–Kier alpha value is -0.200. The molecule has 0 saturated carbocycles. The van der Waals surface area contributed by atoms with Crippen LogP contribution in [0.2, 0.25) is 0 Å². The Kier molecular flexibility index (Phi) is 5.34. The highest BCUT2D eigenvalue weighted by atomic mass is 79.9. The molecule has 17 heavy (non-hydrogen) atoms. The summed E-state index contributed by atoms with van der Waals surface area (Å²) in [6, 6.07) is 6.78. The van der Waals surface area contributed by atoms with Gasteiger partial charge in [0.2, 0.25) is 9.02 Å². The van der Waals surface area contributed by atoms with Crippen molar-refractivity contribution in [1.29, 1.82) is 0 Å². The third kappa shape index (κ3) is 3.63. The first kappa shape index (κ1) is 14.9. The van der Waals surface area contributed by atoms with E-state index in [0.717, 1.165) is 4.47 Å². The summed E-state index contributed by atoms with van der Waals surface area (Å²) in [7, 11) is 0. The molecule has 0 saturated heterocycles. The van der Waals surface area contributed by atoms with Crippen LogP contribution >= 0.6 is 47.8 Å². The van der Waals surface area contributed by atoms with Gasteiger partial charge in [-0.1, -0.05) is 59.9 Å². The lowest BCUT2D eigenvalue weighted by atomic mass is 10.1. The summed E-state index contributed by atoms with van der Waals surface area (Å²) < 4.78 is 4.05. The molecule has 0 aromatic heterocycles. The largest absolute Gasteiger partial charge is 0.464 e. The predicted molar refractivity (Wildman–Crippen MR) is 75.7 cm³/mol. The maximum absolute atomic E-state index is 12.1. The van der Waals surface area contributed by atoms with Crippen molar-refractivity contribution in [2.75, 3.05) is 6.61 Å². The monoisotopic (exact) mass is 426 g/mol. The Morgan fingerprint density at radius 3 is 2.53 bits per heavy atom. The van der Waals surface area contributed by atoms with Gasteiger partial charge in [-0.05, 0) is 19.1 Å². The summed E-state index contributed by atoms with van der Waals surface area (Å²) >= 11 is 9.37. The second-order valence-corrected chi connectivity index (χ2v) is 7.49. The molecule has 1 aromatic rings. The third-order valence-corrected chi connectivity index (χ3v) is 3.76. The van der Waals surface area contributed by atoms with E-state index < -0.39 is 15.0 Å². The number of esters is 1. The van der Waals surface area contributed by atoms with E-state index in [9.17, 15) is 9.59 Å². The molecular formula is C11H9Br3O3. The molecule has 92 valence electrons. The SMILES string of the molecule is CCOC(=O)C(Br)(Br)C(=O)c1cccc(Br)c1. The summed E-state index contributed by atoms with van der Waals surface area (Å²) in [6.07, 6.45) is 0. The van der Waals surface area contributed by atoms with Crippen LogP contribution in [0.15, 0.2) is 28.7 Å². The number of alkyl halides is 2. The average molecular weight is 429 g/mol. The number of ether oxygens (including phenoxy) is 1. The fraction of sp³-hybridized carbons (Fsp3) is 0.273. The Morgan fingerprint density at radius 2 is 2.00 bits per heavy atom. The van der Waals surface area contributed by atoms with Crippen LogP contribution in [0.4, 0.5) is 0 Å². The first-order valence-electron chi connectivity index (χ1n) is 4.75. The molecule has 3 nitrogen and oxygen atoms in total. The van der Waals surface area contributed by atoms with Crippen molar-refractivity contribution in [2.45, 2.75) is 10.2 Å². The highest BCUT2D eigenvalue weighted by molar-refractivity contribution is 9.26. The van der Waals surface area contributed by atoms with Crippen LogP contribution < -0.4 is 0 Å². The van der Waals surface area contributed by atoms with E-state index in [1.165, 1.54) is 0 Å². The van der Waals surface area contributed by atoms with Crippen molar-refractivity contribution >= 4 is 59.5 Å². The van der Waals surface area contributed by atoms with Gasteiger partial charge in [-0.25, -0.2) is 4.79 Å². The van der Waals surface area contributed by atoms with Gasteiger partial charge in [0.25, 0.3) is 0 Å². The van der Waals surface area contributed by atoms with E-state index in [4.69, 9.17) is 4.74 Å². The maximum atomic E-state index is 12.1.